The first-order chi connectivity index (χ1) is 8.31. The Labute approximate surface area is 97.8 Å². The first-order valence-electron chi connectivity index (χ1n) is 5.81. The summed E-state index contributed by atoms with van der Waals surface area (Å²) in [5.41, 5.74) is 1.24. The summed E-state index contributed by atoms with van der Waals surface area (Å²) in [5, 5.41) is 3.30. The molecule has 1 saturated heterocycles. The Morgan fingerprint density at radius 3 is 3.18 bits per heavy atom. The summed E-state index contributed by atoms with van der Waals surface area (Å²) >= 11 is 0. The second-order valence-electron chi connectivity index (χ2n) is 4.26. The summed E-state index contributed by atoms with van der Waals surface area (Å²) in [6.07, 6.45) is 2.40. The van der Waals surface area contributed by atoms with Gasteiger partial charge in [0, 0.05) is 12.6 Å². The average molecular weight is 234 g/mol. The topological polar surface area (TPSA) is 67.3 Å². The van der Waals surface area contributed by atoms with Gasteiger partial charge in [0.1, 0.15) is 11.9 Å². The number of nitrogens with one attached hydrogen (secondary N) is 2. The Balaban J connectivity index is 1.82. The minimum atomic E-state index is -0.434. The van der Waals surface area contributed by atoms with Crippen molar-refractivity contribution in [3.8, 4) is 5.75 Å². The van der Waals surface area contributed by atoms with E-state index < -0.39 is 5.76 Å². The molecular weight excluding hydrogens is 220 g/mol. The second-order valence-corrected chi connectivity index (χ2v) is 4.26. The van der Waals surface area contributed by atoms with Crippen molar-refractivity contribution >= 4 is 11.1 Å². The number of fused-ring (bicyclic) bond motifs is 1. The van der Waals surface area contributed by atoms with E-state index in [1.807, 2.05) is 6.07 Å². The molecule has 90 valence electrons. The quantitative estimate of drug-likeness (QED) is 0.820. The number of hydrogen-bond donors (Lipinski definition) is 2. The van der Waals surface area contributed by atoms with E-state index in [2.05, 4.69) is 10.3 Å². The van der Waals surface area contributed by atoms with Crippen molar-refractivity contribution in [1.29, 1.82) is 0 Å². The van der Waals surface area contributed by atoms with Crippen LogP contribution in [0.3, 0.4) is 0 Å². The monoisotopic (exact) mass is 234 g/mol. The van der Waals surface area contributed by atoms with Crippen LogP contribution in [0.25, 0.3) is 11.1 Å². The maximum atomic E-state index is 11.0. The Kier molecular flexibility index (Phi) is 2.60. The predicted octanol–water partition coefficient (Wildman–Crippen LogP) is 1.25. The molecule has 0 aliphatic carbocycles. The van der Waals surface area contributed by atoms with Crippen LogP contribution >= 0.6 is 0 Å². The standard InChI is InChI=1S/C12H14N2O3/c15-12-14-10-6-8(3-4-11(10)17-12)16-9-2-1-5-13-7-9/h3-4,6,9,13H,1-2,5,7H2,(H,14,15). The largest absolute Gasteiger partial charge is 0.489 e. The first-order valence-corrected chi connectivity index (χ1v) is 5.81. The molecule has 1 aromatic carbocycles. The number of aromatic nitrogens is 1. The molecule has 0 saturated carbocycles. The van der Waals surface area contributed by atoms with E-state index in [4.69, 9.17) is 9.15 Å². The summed E-state index contributed by atoms with van der Waals surface area (Å²) in [6.45, 7) is 1.94. The Morgan fingerprint density at radius 2 is 2.35 bits per heavy atom. The summed E-state index contributed by atoms with van der Waals surface area (Å²) in [5.74, 6) is 0.333. The fourth-order valence-electron chi connectivity index (χ4n) is 2.12. The normalized spacial score (nSPS) is 20.6. The fraction of sp³-hybridized carbons (Fsp3) is 0.417. The zero-order valence-corrected chi connectivity index (χ0v) is 9.36. The Hall–Kier alpha value is -1.75. The number of hydrogen-bond acceptors (Lipinski definition) is 4. The van der Waals surface area contributed by atoms with Crippen molar-refractivity contribution in [1.82, 2.24) is 10.3 Å². The third kappa shape index (κ3) is 2.19. The SMILES string of the molecule is O=c1[nH]c2cc(OC3CCCNC3)ccc2o1. The van der Waals surface area contributed by atoms with Gasteiger partial charge in [-0.15, -0.1) is 0 Å². The van der Waals surface area contributed by atoms with Crippen molar-refractivity contribution in [2.24, 2.45) is 0 Å². The van der Waals surface area contributed by atoms with Crippen LogP contribution in [-0.2, 0) is 0 Å². The predicted molar refractivity (Wildman–Crippen MR) is 63.4 cm³/mol. The maximum absolute atomic E-state index is 11.0. The molecule has 5 nitrogen and oxygen atoms in total. The Bertz CT molecular complexity index is 566. The lowest BCUT2D eigenvalue weighted by Crippen LogP contribution is -2.37. The minimum absolute atomic E-state index is 0.208. The van der Waals surface area contributed by atoms with E-state index in [9.17, 15) is 4.79 Å². The third-order valence-corrected chi connectivity index (χ3v) is 2.94. The number of piperidine rings is 1. The van der Waals surface area contributed by atoms with E-state index in [0.29, 0.717) is 11.1 Å². The minimum Gasteiger partial charge on any atom is -0.489 e. The summed E-state index contributed by atoms with van der Waals surface area (Å²) in [6, 6.07) is 5.38. The van der Waals surface area contributed by atoms with Gasteiger partial charge in [-0.25, -0.2) is 4.79 Å². The molecule has 1 fully saturated rings. The average Bonchev–Trinajstić information content (AvgIpc) is 2.70. The molecule has 1 atom stereocenters. The van der Waals surface area contributed by atoms with E-state index in [1.54, 1.807) is 12.1 Å². The van der Waals surface area contributed by atoms with Gasteiger partial charge >= 0.3 is 5.76 Å². The summed E-state index contributed by atoms with van der Waals surface area (Å²) < 4.78 is 10.8. The zero-order valence-electron chi connectivity index (χ0n) is 9.36. The van der Waals surface area contributed by atoms with E-state index in [-0.39, 0.29) is 6.10 Å². The first kappa shape index (κ1) is 10.4. The van der Waals surface area contributed by atoms with Crippen LogP contribution in [0.4, 0.5) is 0 Å². The van der Waals surface area contributed by atoms with Gasteiger partial charge in [-0.05, 0) is 31.5 Å². The van der Waals surface area contributed by atoms with Gasteiger partial charge < -0.3 is 14.5 Å². The van der Waals surface area contributed by atoms with Gasteiger partial charge in [0.05, 0.1) is 5.52 Å². The molecular formula is C12H14N2O3. The van der Waals surface area contributed by atoms with Gasteiger partial charge in [-0.3, -0.25) is 4.98 Å². The molecule has 1 aromatic heterocycles. The highest BCUT2D eigenvalue weighted by molar-refractivity contribution is 5.73. The van der Waals surface area contributed by atoms with E-state index >= 15 is 0 Å². The highest BCUT2D eigenvalue weighted by atomic mass is 16.5. The molecule has 0 radical (unpaired) electrons. The number of H-pyrrole nitrogens is 1. The second kappa shape index (κ2) is 4.25. The molecule has 5 heteroatoms. The molecule has 1 aliphatic rings. The van der Waals surface area contributed by atoms with Crippen LogP contribution in [0.1, 0.15) is 12.8 Å². The van der Waals surface area contributed by atoms with Crippen LogP contribution in [-0.4, -0.2) is 24.2 Å². The summed E-state index contributed by atoms with van der Waals surface area (Å²) in [7, 11) is 0. The van der Waals surface area contributed by atoms with Crippen LogP contribution < -0.4 is 15.8 Å². The van der Waals surface area contributed by atoms with Crippen LogP contribution in [0.2, 0.25) is 0 Å². The molecule has 3 rings (SSSR count). The molecule has 17 heavy (non-hydrogen) atoms. The van der Waals surface area contributed by atoms with Gasteiger partial charge in [0.25, 0.3) is 0 Å². The van der Waals surface area contributed by atoms with E-state index in [0.717, 1.165) is 31.7 Å². The lowest BCUT2D eigenvalue weighted by molar-refractivity contribution is 0.167. The highest BCUT2D eigenvalue weighted by Crippen LogP contribution is 2.20. The molecule has 2 aromatic rings. The van der Waals surface area contributed by atoms with Crippen molar-refractivity contribution in [2.75, 3.05) is 13.1 Å². The van der Waals surface area contributed by atoms with Crippen LogP contribution in [0.15, 0.2) is 27.4 Å². The van der Waals surface area contributed by atoms with Gasteiger partial charge in [0.15, 0.2) is 5.58 Å². The summed E-state index contributed by atoms with van der Waals surface area (Å²) in [4.78, 5) is 13.6. The molecule has 2 heterocycles. The van der Waals surface area contributed by atoms with Crippen molar-refractivity contribution < 1.29 is 9.15 Å². The lowest BCUT2D eigenvalue weighted by atomic mass is 10.1. The molecule has 0 bridgehead atoms. The van der Waals surface area contributed by atoms with Gasteiger partial charge in [0.2, 0.25) is 0 Å². The molecule has 0 spiro atoms. The van der Waals surface area contributed by atoms with E-state index in [1.165, 1.54) is 0 Å². The van der Waals surface area contributed by atoms with Crippen LogP contribution in [0.5, 0.6) is 5.75 Å². The molecule has 1 aliphatic heterocycles. The number of rotatable bonds is 2. The smallest absolute Gasteiger partial charge is 0.417 e. The third-order valence-electron chi connectivity index (χ3n) is 2.94. The zero-order chi connectivity index (χ0) is 11.7. The fourth-order valence-corrected chi connectivity index (χ4v) is 2.12. The van der Waals surface area contributed by atoms with Gasteiger partial charge in [-0.2, -0.15) is 0 Å². The van der Waals surface area contributed by atoms with Crippen molar-refractivity contribution in [3.63, 3.8) is 0 Å². The maximum Gasteiger partial charge on any atom is 0.417 e. The number of oxazole rings is 1. The number of ether oxygens (including phenoxy) is 1. The molecule has 1 unspecified atom stereocenters. The van der Waals surface area contributed by atoms with Crippen molar-refractivity contribution in [2.45, 2.75) is 18.9 Å². The van der Waals surface area contributed by atoms with Crippen LogP contribution in [0, 0.1) is 0 Å². The molecule has 2 N–H and O–H groups in total. The molecule has 0 amide bonds. The van der Waals surface area contributed by atoms with Gasteiger partial charge in [-0.1, -0.05) is 0 Å². The number of aromatic amines is 1. The Morgan fingerprint density at radius 1 is 1.41 bits per heavy atom. The highest BCUT2D eigenvalue weighted by Gasteiger charge is 2.14. The van der Waals surface area contributed by atoms with Crippen molar-refractivity contribution in [3.05, 3.63) is 28.7 Å². The lowest BCUT2D eigenvalue weighted by Gasteiger charge is -2.23. The number of benzene rings is 1.